The summed E-state index contributed by atoms with van der Waals surface area (Å²) >= 11 is 3.44. The largest absolute Gasteiger partial charge is 0.368 e. The molecule has 0 atom stereocenters. The molecule has 1 aromatic carbocycles. The molecule has 6 nitrogen and oxygen atoms in total. The Morgan fingerprint density at radius 3 is 2.46 bits per heavy atom. The first-order valence-corrected chi connectivity index (χ1v) is 9.72. The highest BCUT2D eigenvalue weighted by atomic mass is 79.9. The van der Waals surface area contributed by atoms with E-state index in [-0.39, 0.29) is 10.6 Å². The van der Waals surface area contributed by atoms with Crippen LogP contribution in [0.2, 0.25) is 0 Å². The molecule has 0 spiro atoms. The van der Waals surface area contributed by atoms with Gasteiger partial charge in [-0.05, 0) is 52.2 Å². The molecular formula is C21H21BrN4O2. The van der Waals surface area contributed by atoms with Crippen LogP contribution in [0.1, 0.15) is 31.2 Å². The lowest BCUT2D eigenvalue weighted by atomic mass is 10.1. The summed E-state index contributed by atoms with van der Waals surface area (Å²) in [5.74, 6) is 0.365. The van der Waals surface area contributed by atoms with Crippen LogP contribution in [0.25, 0.3) is 10.9 Å². The van der Waals surface area contributed by atoms with E-state index in [9.17, 15) is 10.1 Å². The van der Waals surface area contributed by atoms with E-state index in [1.54, 1.807) is 6.07 Å². The molecule has 0 radical (unpaired) electrons. The van der Waals surface area contributed by atoms with Crippen LogP contribution >= 0.6 is 15.9 Å². The number of aromatic amines is 1. The predicted octanol–water partition coefficient (Wildman–Crippen LogP) is 5.89. The first-order valence-electron chi connectivity index (χ1n) is 8.92. The van der Waals surface area contributed by atoms with Crippen molar-refractivity contribution in [1.82, 2.24) is 14.5 Å². The molecule has 0 saturated carbocycles. The van der Waals surface area contributed by atoms with E-state index in [0.29, 0.717) is 17.8 Å². The Bertz CT molecular complexity index is 1050. The van der Waals surface area contributed by atoms with Crippen molar-refractivity contribution in [1.29, 1.82) is 0 Å². The molecule has 3 aromatic heterocycles. The summed E-state index contributed by atoms with van der Waals surface area (Å²) in [7, 11) is 0. The van der Waals surface area contributed by atoms with E-state index in [1.165, 1.54) is 6.07 Å². The van der Waals surface area contributed by atoms with Gasteiger partial charge >= 0.3 is 0 Å². The molecule has 0 unspecified atom stereocenters. The normalized spacial score (nSPS) is 10.7. The number of fused-ring (bicyclic) bond motifs is 1. The van der Waals surface area contributed by atoms with Gasteiger partial charge < -0.3 is 9.55 Å². The molecule has 0 bridgehead atoms. The van der Waals surface area contributed by atoms with Crippen LogP contribution in [0.5, 0.6) is 0 Å². The molecule has 4 rings (SSSR count). The van der Waals surface area contributed by atoms with Gasteiger partial charge in [-0.1, -0.05) is 26.0 Å². The van der Waals surface area contributed by atoms with Gasteiger partial charge in [0.1, 0.15) is 0 Å². The standard InChI is InChI=1S/C17H16BrN3O2.C4H5N/c1-11(2)14-6-3-5-12(19-14)9-20-10-13(18)17-15(20)7-4-8-16(17)21(22)23;1-2-4-5-3-1/h3-8,10-11H,9H2,1-2H3;1-5H. The van der Waals surface area contributed by atoms with E-state index in [0.717, 1.165) is 21.4 Å². The molecule has 4 aromatic rings. The van der Waals surface area contributed by atoms with Crippen LogP contribution in [0.4, 0.5) is 5.69 Å². The minimum atomic E-state index is -0.352. The van der Waals surface area contributed by atoms with Crippen LogP contribution in [0.3, 0.4) is 0 Å². The molecule has 7 heteroatoms. The zero-order chi connectivity index (χ0) is 20.1. The predicted molar refractivity (Wildman–Crippen MR) is 115 cm³/mol. The van der Waals surface area contributed by atoms with E-state index in [1.807, 2.05) is 59.6 Å². The van der Waals surface area contributed by atoms with E-state index in [4.69, 9.17) is 0 Å². The first-order chi connectivity index (χ1) is 13.5. The average Bonchev–Trinajstić information content (AvgIpc) is 3.35. The molecule has 3 heterocycles. The first kappa shape index (κ1) is 19.8. The second-order valence-corrected chi connectivity index (χ2v) is 7.48. The highest BCUT2D eigenvalue weighted by molar-refractivity contribution is 9.10. The lowest BCUT2D eigenvalue weighted by molar-refractivity contribution is -0.383. The highest BCUT2D eigenvalue weighted by Gasteiger charge is 2.18. The van der Waals surface area contributed by atoms with Gasteiger partial charge in [0.15, 0.2) is 0 Å². The zero-order valence-corrected chi connectivity index (χ0v) is 17.3. The summed E-state index contributed by atoms with van der Waals surface area (Å²) in [5.41, 5.74) is 2.91. The number of nitro benzene ring substituents is 1. The van der Waals surface area contributed by atoms with Crippen molar-refractivity contribution in [3.05, 3.63) is 93.1 Å². The van der Waals surface area contributed by atoms with E-state index in [2.05, 4.69) is 39.7 Å². The van der Waals surface area contributed by atoms with Crippen LogP contribution < -0.4 is 0 Å². The smallest absolute Gasteiger partial charge is 0.279 e. The third-order valence-corrected chi connectivity index (χ3v) is 4.88. The molecule has 144 valence electrons. The molecule has 0 fully saturated rings. The Balaban J connectivity index is 0.000000391. The van der Waals surface area contributed by atoms with Gasteiger partial charge in [-0.25, -0.2) is 0 Å². The van der Waals surface area contributed by atoms with Crippen molar-refractivity contribution in [2.45, 2.75) is 26.3 Å². The minimum Gasteiger partial charge on any atom is -0.368 e. The van der Waals surface area contributed by atoms with Crippen LogP contribution in [-0.2, 0) is 6.54 Å². The second-order valence-electron chi connectivity index (χ2n) is 6.63. The number of rotatable bonds is 4. The molecule has 28 heavy (non-hydrogen) atoms. The van der Waals surface area contributed by atoms with Crippen LogP contribution in [0.15, 0.2) is 71.6 Å². The van der Waals surface area contributed by atoms with Gasteiger partial charge in [-0.2, -0.15) is 0 Å². The number of hydrogen-bond acceptors (Lipinski definition) is 3. The molecule has 0 aliphatic heterocycles. The Hall–Kier alpha value is -2.93. The Kier molecular flexibility index (Phi) is 6.26. The molecule has 0 aliphatic rings. The third kappa shape index (κ3) is 4.48. The van der Waals surface area contributed by atoms with Gasteiger partial charge in [0.25, 0.3) is 5.69 Å². The summed E-state index contributed by atoms with van der Waals surface area (Å²) in [6.45, 7) is 4.79. The maximum Gasteiger partial charge on any atom is 0.279 e. The topological polar surface area (TPSA) is 76.8 Å². The fourth-order valence-corrected chi connectivity index (χ4v) is 3.58. The van der Waals surface area contributed by atoms with Gasteiger partial charge in [0.2, 0.25) is 0 Å². The maximum absolute atomic E-state index is 11.2. The number of halogens is 1. The summed E-state index contributed by atoms with van der Waals surface area (Å²) in [4.78, 5) is 18.4. The van der Waals surface area contributed by atoms with Crippen LogP contribution in [-0.4, -0.2) is 19.5 Å². The van der Waals surface area contributed by atoms with Crippen molar-refractivity contribution in [2.24, 2.45) is 0 Å². The van der Waals surface area contributed by atoms with Gasteiger partial charge in [0.05, 0.1) is 28.1 Å². The Morgan fingerprint density at radius 1 is 1.14 bits per heavy atom. The van der Waals surface area contributed by atoms with Crippen molar-refractivity contribution < 1.29 is 4.92 Å². The van der Waals surface area contributed by atoms with Gasteiger partial charge in [-0.15, -0.1) is 0 Å². The Labute approximate surface area is 171 Å². The number of pyridine rings is 1. The maximum atomic E-state index is 11.2. The number of aromatic nitrogens is 3. The monoisotopic (exact) mass is 440 g/mol. The summed E-state index contributed by atoms with van der Waals surface area (Å²) < 4.78 is 2.71. The Morgan fingerprint density at radius 2 is 1.86 bits per heavy atom. The van der Waals surface area contributed by atoms with Crippen molar-refractivity contribution in [3.8, 4) is 0 Å². The summed E-state index contributed by atoms with van der Waals surface area (Å²) in [5, 5.41) is 11.8. The van der Waals surface area contributed by atoms with E-state index < -0.39 is 0 Å². The number of non-ortho nitro benzene ring substituents is 1. The lowest BCUT2D eigenvalue weighted by Gasteiger charge is -2.09. The van der Waals surface area contributed by atoms with Crippen molar-refractivity contribution in [3.63, 3.8) is 0 Å². The lowest BCUT2D eigenvalue weighted by Crippen LogP contribution is -2.03. The number of hydrogen-bond donors (Lipinski definition) is 1. The van der Waals surface area contributed by atoms with E-state index >= 15 is 0 Å². The highest BCUT2D eigenvalue weighted by Crippen LogP contribution is 2.34. The number of H-pyrrole nitrogens is 1. The summed E-state index contributed by atoms with van der Waals surface area (Å²) in [6.07, 6.45) is 5.63. The second kappa shape index (κ2) is 8.84. The van der Waals surface area contributed by atoms with Gasteiger partial charge in [-0.3, -0.25) is 15.1 Å². The van der Waals surface area contributed by atoms with Crippen molar-refractivity contribution in [2.75, 3.05) is 0 Å². The number of benzene rings is 1. The molecule has 0 saturated heterocycles. The molecule has 0 amide bonds. The molecular weight excluding hydrogens is 420 g/mol. The minimum absolute atomic E-state index is 0.108. The van der Waals surface area contributed by atoms with Crippen molar-refractivity contribution >= 4 is 32.5 Å². The fraction of sp³-hybridized carbons (Fsp3) is 0.190. The molecule has 0 aliphatic carbocycles. The number of nitrogens with one attached hydrogen (secondary N) is 1. The number of nitro groups is 1. The fourth-order valence-electron chi connectivity index (χ4n) is 2.93. The summed E-state index contributed by atoms with van der Waals surface area (Å²) in [6, 6.07) is 15.0. The number of nitrogens with zero attached hydrogens (tertiary/aromatic N) is 3. The average molecular weight is 441 g/mol. The quantitative estimate of drug-likeness (QED) is 0.317. The third-order valence-electron chi connectivity index (χ3n) is 4.28. The van der Waals surface area contributed by atoms with Gasteiger partial charge in [0, 0.05) is 34.8 Å². The van der Waals surface area contributed by atoms with Crippen LogP contribution in [0, 0.1) is 10.1 Å². The molecule has 1 N–H and O–H groups in total. The zero-order valence-electron chi connectivity index (χ0n) is 15.7. The SMILES string of the molecule is CC(C)c1cccc(Cn2cc(Br)c3c([N+](=O)[O-])cccc32)n1.c1cc[nH]c1.